The van der Waals surface area contributed by atoms with Crippen LogP contribution in [0.15, 0.2) is 12.2 Å². The normalized spacial score (nSPS) is 54.7. The Hall–Kier alpha value is -0.950. The highest BCUT2D eigenvalue weighted by Crippen LogP contribution is 2.75. The number of carbonyl (C=O) groups excluding carboxylic acids is 1. The van der Waals surface area contributed by atoms with Gasteiger partial charge in [0.05, 0.1) is 30.5 Å². The maximum Gasteiger partial charge on any atom is 0.302 e. The predicted molar refractivity (Wildman–Crippen MR) is 114 cm³/mol. The molecule has 0 amide bonds. The molecule has 9 atom stereocenters. The summed E-state index contributed by atoms with van der Waals surface area (Å²) in [5.41, 5.74) is -0.970. The van der Waals surface area contributed by atoms with Crippen molar-refractivity contribution < 1.29 is 29.2 Å². The quantitative estimate of drug-likeness (QED) is 0.512. The van der Waals surface area contributed by atoms with Crippen LogP contribution in [-0.2, 0) is 19.0 Å². The van der Waals surface area contributed by atoms with Gasteiger partial charge in [0, 0.05) is 17.8 Å². The van der Waals surface area contributed by atoms with Crippen LogP contribution in [0.4, 0.5) is 0 Å². The van der Waals surface area contributed by atoms with E-state index in [2.05, 4.69) is 20.4 Å². The van der Waals surface area contributed by atoms with Crippen molar-refractivity contribution >= 4 is 5.97 Å². The third kappa shape index (κ3) is 2.68. The lowest BCUT2D eigenvalue weighted by atomic mass is 9.39. The largest absolute Gasteiger partial charge is 0.465 e. The number of aliphatic hydroxyl groups is 2. The summed E-state index contributed by atoms with van der Waals surface area (Å²) in [7, 11) is 0. The first-order chi connectivity index (χ1) is 14.3. The molecule has 0 aromatic carbocycles. The number of carbonyl (C=O) groups is 1. The van der Waals surface area contributed by atoms with Crippen LogP contribution in [-0.4, -0.2) is 52.5 Å². The second-order valence-corrected chi connectivity index (χ2v) is 12.1. The average molecular weight is 435 g/mol. The number of fused-ring (bicyclic) bond motifs is 3. The maximum absolute atomic E-state index is 11.7. The molecule has 5 rings (SSSR count). The highest BCUT2D eigenvalue weighted by molar-refractivity contribution is 5.65. The van der Waals surface area contributed by atoms with E-state index >= 15 is 0 Å². The highest BCUT2D eigenvalue weighted by atomic mass is 16.7. The van der Waals surface area contributed by atoms with Crippen molar-refractivity contribution in [3.63, 3.8) is 0 Å². The fourth-order valence-corrected chi connectivity index (χ4v) is 8.71. The van der Waals surface area contributed by atoms with Gasteiger partial charge < -0.3 is 24.4 Å². The standard InChI is InChI=1S/C25H38O6/c1-14-20-25-12-24(14,28)10-7-16(25)22(5)9-8-18(27)23(6,13-29-15(2)26)17(22)11-19(25)30-21(3,4)31-20/h16-20,27-28H,1,7-13H2,2-6H3/t16-,17-,18+,19-,20-,22-,23+,24-,25+/m0/s1. The molecule has 1 aliphatic heterocycles. The van der Waals surface area contributed by atoms with Gasteiger partial charge in [-0.2, -0.15) is 0 Å². The summed E-state index contributed by atoms with van der Waals surface area (Å²) in [4.78, 5) is 11.7. The first kappa shape index (κ1) is 21.9. The summed E-state index contributed by atoms with van der Waals surface area (Å²) in [5.74, 6) is -0.659. The van der Waals surface area contributed by atoms with Gasteiger partial charge in [-0.1, -0.05) is 20.4 Å². The van der Waals surface area contributed by atoms with Crippen molar-refractivity contribution in [1.29, 1.82) is 0 Å². The first-order valence-electron chi connectivity index (χ1n) is 11.9. The number of ether oxygens (including phenoxy) is 3. The molecule has 5 aliphatic rings. The summed E-state index contributed by atoms with van der Waals surface area (Å²) in [6, 6.07) is 0. The fourth-order valence-electron chi connectivity index (χ4n) is 8.71. The summed E-state index contributed by atoms with van der Waals surface area (Å²) in [5, 5.41) is 22.6. The molecule has 5 fully saturated rings. The Morgan fingerprint density at radius 1 is 1.16 bits per heavy atom. The monoisotopic (exact) mass is 434 g/mol. The average Bonchev–Trinajstić information content (AvgIpc) is 2.83. The molecular formula is C25H38O6. The van der Waals surface area contributed by atoms with Crippen LogP contribution in [0.2, 0.25) is 0 Å². The molecule has 6 heteroatoms. The van der Waals surface area contributed by atoms with E-state index in [1.165, 1.54) is 6.92 Å². The third-order valence-corrected chi connectivity index (χ3v) is 10.1. The smallest absolute Gasteiger partial charge is 0.302 e. The second kappa shape index (κ2) is 6.34. The van der Waals surface area contributed by atoms with Crippen molar-refractivity contribution in [1.82, 2.24) is 0 Å². The zero-order chi connectivity index (χ0) is 22.6. The molecule has 6 nitrogen and oxygen atoms in total. The van der Waals surface area contributed by atoms with Crippen LogP contribution in [0.3, 0.4) is 0 Å². The van der Waals surface area contributed by atoms with Gasteiger partial charge in [0.1, 0.15) is 0 Å². The van der Waals surface area contributed by atoms with E-state index < -0.39 is 22.9 Å². The molecule has 0 aromatic heterocycles. The minimum Gasteiger partial charge on any atom is -0.465 e. The minimum atomic E-state index is -0.887. The first-order valence-corrected chi connectivity index (χ1v) is 11.9. The number of aliphatic hydroxyl groups excluding tert-OH is 1. The van der Waals surface area contributed by atoms with E-state index in [4.69, 9.17) is 14.2 Å². The zero-order valence-corrected chi connectivity index (χ0v) is 19.6. The fraction of sp³-hybridized carbons (Fsp3) is 0.880. The van der Waals surface area contributed by atoms with Crippen LogP contribution in [0.5, 0.6) is 0 Å². The van der Waals surface area contributed by atoms with E-state index in [1.54, 1.807) is 0 Å². The van der Waals surface area contributed by atoms with Crippen molar-refractivity contribution in [3.8, 4) is 0 Å². The number of hydrogen-bond acceptors (Lipinski definition) is 6. The van der Waals surface area contributed by atoms with Gasteiger partial charge in [0.15, 0.2) is 5.79 Å². The molecular weight excluding hydrogens is 396 g/mol. The van der Waals surface area contributed by atoms with E-state index in [-0.39, 0.29) is 47.4 Å². The number of rotatable bonds is 2. The summed E-state index contributed by atoms with van der Waals surface area (Å²) >= 11 is 0. The summed E-state index contributed by atoms with van der Waals surface area (Å²) in [6.07, 6.45) is 3.73. The Bertz CT molecular complexity index is 823. The Morgan fingerprint density at radius 3 is 2.55 bits per heavy atom. The van der Waals surface area contributed by atoms with Crippen molar-refractivity contribution in [3.05, 3.63) is 12.2 Å². The van der Waals surface area contributed by atoms with Crippen molar-refractivity contribution in [2.24, 2.45) is 28.1 Å². The summed E-state index contributed by atoms with van der Waals surface area (Å²) in [6.45, 7) is 14.3. The van der Waals surface area contributed by atoms with E-state index in [0.717, 1.165) is 24.8 Å². The van der Waals surface area contributed by atoms with Crippen molar-refractivity contribution in [2.75, 3.05) is 6.61 Å². The van der Waals surface area contributed by atoms with Gasteiger partial charge >= 0.3 is 5.97 Å². The van der Waals surface area contributed by atoms with Gasteiger partial charge in [0.25, 0.3) is 0 Å². The van der Waals surface area contributed by atoms with Gasteiger partial charge in [-0.05, 0) is 75.2 Å². The van der Waals surface area contributed by atoms with Crippen LogP contribution in [0.1, 0.15) is 73.1 Å². The lowest BCUT2D eigenvalue weighted by Gasteiger charge is -2.69. The lowest BCUT2D eigenvalue weighted by Crippen LogP contribution is -2.70. The minimum absolute atomic E-state index is 0.0664. The highest BCUT2D eigenvalue weighted by Gasteiger charge is 2.76. The molecule has 1 heterocycles. The van der Waals surface area contributed by atoms with Gasteiger partial charge in [-0.15, -0.1) is 0 Å². The molecule has 0 radical (unpaired) electrons. The second-order valence-electron chi connectivity index (χ2n) is 12.1. The molecule has 1 spiro atoms. The van der Waals surface area contributed by atoms with E-state index in [9.17, 15) is 15.0 Å². The molecule has 4 aliphatic carbocycles. The van der Waals surface area contributed by atoms with Gasteiger partial charge in [-0.3, -0.25) is 4.79 Å². The van der Waals surface area contributed by atoms with Gasteiger partial charge in [0.2, 0.25) is 0 Å². The van der Waals surface area contributed by atoms with E-state index in [0.29, 0.717) is 19.3 Å². The molecule has 4 saturated carbocycles. The predicted octanol–water partition coefficient (Wildman–Crippen LogP) is 3.34. The van der Waals surface area contributed by atoms with Gasteiger partial charge in [-0.25, -0.2) is 0 Å². The molecule has 2 bridgehead atoms. The lowest BCUT2D eigenvalue weighted by molar-refractivity contribution is -0.378. The Labute approximate surface area is 185 Å². The Balaban J connectivity index is 1.62. The number of esters is 1. The SMILES string of the molecule is C=C1[C@@H]2OC(C)(C)O[C@H]3C[C@@H]4[C@@](C)(COC(C)=O)[C@H](O)CC[C@@]4(C)[C@@H]4CC[C@]1(O)C[C@@]324. The molecule has 31 heavy (non-hydrogen) atoms. The number of hydrogen-bond donors (Lipinski definition) is 2. The molecule has 0 aromatic rings. The van der Waals surface area contributed by atoms with E-state index in [1.807, 2.05) is 13.8 Å². The van der Waals surface area contributed by atoms with Crippen LogP contribution < -0.4 is 0 Å². The molecule has 1 saturated heterocycles. The van der Waals surface area contributed by atoms with Crippen molar-refractivity contribution in [2.45, 2.75) is 103 Å². The Kier molecular flexibility index (Phi) is 4.47. The van der Waals surface area contributed by atoms with Crippen LogP contribution in [0.25, 0.3) is 0 Å². The van der Waals surface area contributed by atoms with Crippen LogP contribution >= 0.6 is 0 Å². The molecule has 174 valence electrons. The summed E-state index contributed by atoms with van der Waals surface area (Å²) < 4.78 is 18.6. The molecule has 0 unspecified atom stereocenters. The topological polar surface area (TPSA) is 85.2 Å². The maximum atomic E-state index is 11.7. The third-order valence-electron chi connectivity index (χ3n) is 10.1. The zero-order valence-electron chi connectivity index (χ0n) is 19.6. The molecule has 2 N–H and O–H groups in total. The van der Waals surface area contributed by atoms with Crippen LogP contribution in [0, 0.1) is 28.1 Å². The Morgan fingerprint density at radius 2 is 1.87 bits per heavy atom.